The third-order valence-electron chi connectivity index (χ3n) is 3.26. The van der Waals surface area contributed by atoms with E-state index in [1.54, 1.807) is 7.11 Å². The molecule has 1 rings (SSSR count). The molecule has 0 aliphatic rings. The quantitative estimate of drug-likeness (QED) is 0.344. The number of benzene rings is 1. The average molecular weight is 452 g/mol. The van der Waals surface area contributed by atoms with Crippen molar-refractivity contribution < 1.29 is 9.13 Å². The maximum atomic E-state index is 12.9. The van der Waals surface area contributed by atoms with E-state index in [4.69, 9.17) is 4.74 Å². The van der Waals surface area contributed by atoms with Crippen molar-refractivity contribution in [2.45, 2.75) is 26.4 Å². The third kappa shape index (κ3) is 10.0. The molecule has 7 heteroatoms. The monoisotopic (exact) mass is 452 g/mol. The second-order valence-electron chi connectivity index (χ2n) is 5.63. The molecule has 0 bridgehead atoms. The molecule has 0 spiro atoms. The zero-order valence-corrected chi connectivity index (χ0v) is 17.3. The minimum atomic E-state index is -0.201. The Balaban J connectivity index is 0.00000529. The topological polar surface area (TPSA) is 48.9 Å². The molecule has 2 N–H and O–H groups in total. The van der Waals surface area contributed by atoms with Gasteiger partial charge in [-0.3, -0.25) is 4.99 Å². The first kappa shape index (κ1) is 23.1. The molecular weight excluding hydrogens is 422 g/mol. The summed E-state index contributed by atoms with van der Waals surface area (Å²) in [5.41, 5.74) is 1.09. The second-order valence-corrected chi connectivity index (χ2v) is 5.63. The Morgan fingerprint density at radius 2 is 2.00 bits per heavy atom. The number of methoxy groups -OCH3 is 1. The molecule has 0 fully saturated rings. The molecule has 5 nitrogen and oxygen atoms in total. The lowest BCUT2D eigenvalue weighted by atomic mass is 10.2. The molecule has 0 saturated heterocycles. The van der Waals surface area contributed by atoms with Crippen LogP contribution in [0.1, 0.15) is 19.4 Å². The molecule has 1 unspecified atom stereocenters. The molecule has 0 aliphatic carbocycles. The summed E-state index contributed by atoms with van der Waals surface area (Å²) in [7, 11) is 3.72. The van der Waals surface area contributed by atoms with Gasteiger partial charge in [0, 0.05) is 32.8 Å². The number of nitrogens with zero attached hydrogens (tertiary/aromatic N) is 2. The normalized spacial score (nSPS) is 12.7. The van der Waals surface area contributed by atoms with E-state index in [0.717, 1.165) is 31.2 Å². The van der Waals surface area contributed by atoms with Gasteiger partial charge in [0.15, 0.2) is 5.96 Å². The van der Waals surface area contributed by atoms with Gasteiger partial charge < -0.3 is 20.3 Å². The van der Waals surface area contributed by atoms with Crippen LogP contribution < -0.4 is 10.6 Å². The van der Waals surface area contributed by atoms with Crippen LogP contribution in [0.5, 0.6) is 0 Å². The highest BCUT2D eigenvalue weighted by atomic mass is 127. The summed E-state index contributed by atoms with van der Waals surface area (Å²) < 4.78 is 18.0. The van der Waals surface area contributed by atoms with Crippen LogP contribution >= 0.6 is 24.0 Å². The fourth-order valence-electron chi connectivity index (χ4n) is 2.16. The second kappa shape index (κ2) is 13.4. The number of aliphatic imine (C=N–C) groups is 1. The van der Waals surface area contributed by atoms with Gasteiger partial charge in [-0.2, -0.15) is 0 Å². The highest BCUT2D eigenvalue weighted by molar-refractivity contribution is 14.0. The van der Waals surface area contributed by atoms with Crippen molar-refractivity contribution in [3.05, 3.63) is 35.6 Å². The van der Waals surface area contributed by atoms with Gasteiger partial charge in [0.2, 0.25) is 0 Å². The molecule has 1 aromatic carbocycles. The number of nitrogens with one attached hydrogen (secondary N) is 2. The predicted molar refractivity (Wildman–Crippen MR) is 109 cm³/mol. The maximum Gasteiger partial charge on any atom is 0.191 e. The molecule has 0 heterocycles. The van der Waals surface area contributed by atoms with Gasteiger partial charge in [-0.15, -0.1) is 24.0 Å². The largest absolute Gasteiger partial charge is 0.383 e. The number of guanidine groups is 1. The lowest BCUT2D eigenvalue weighted by Crippen LogP contribution is -2.44. The van der Waals surface area contributed by atoms with Crippen molar-refractivity contribution in [3.8, 4) is 0 Å². The zero-order chi connectivity index (χ0) is 17.1. The van der Waals surface area contributed by atoms with Gasteiger partial charge in [0.25, 0.3) is 0 Å². The standard InChI is InChI=1S/C17H29FN4O.HI/c1-5-19-17(21-14(2)13-23-4)20-10-11-22(3)12-15-6-8-16(18)9-7-15;/h6-9,14H,5,10-13H2,1-4H3,(H2,19,20,21);1H. The van der Waals surface area contributed by atoms with Crippen LogP contribution in [-0.4, -0.2) is 57.3 Å². The van der Waals surface area contributed by atoms with Gasteiger partial charge in [-0.25, -0.2) is 4.39 Å². The predicted octanol–water partition coefficient (Wildman–Crippen LogP) is 2.47. The number of rotatable bonds is 9. The van der Waals surface area contributed by atoms with Gasteiger partial charge in [-0.1, -0.05) is 12.1 Å². The van der Waals surface area contributed by atoms with E-state index in [2.05, 4.69) is 27.4 Å². The average Bonchev–Trinajstić information content (AvgIpc) is 2.50. The molecule has 0 aliphatic heterocycles. The van der Waals surface area contributed by atoms with Gasteiger partial charge in [0.1, 0.15) is 5.82 Å². The fraction of sp³-hybridized carbons (Fsp3) is 0.588. The first-order valence-corrected chi connectivity index (χ1v) is 8.02. The Kier molecular flexibility index (Phi) is 12.9. The molecule has 1 atom stereocenters. The number of halogens is 2. The first-order valence-electron chi connectivity index (χ1n) is 8.02. The number of ether oxygens (including phenoxy) is 1. The van der Waals surface area contributed by atoms with E-state index in [0.29, 0.717) is 13.2 Å². The van der Waals surface area contributed by atoms with Gasteiger partial charge in [-0.05, 0) is 38.6 Å². The van der Waals surface area contributed by atoms with Crippen LogP contribution in [0.4, 0.5) is 4.39 Å². The zero-order valence-electron chi connectivity index (χ0n) is 15.0. The first-order chi connectivity index (χ1) is 11.0. The summed E-state index contributed by atoms with van der Waals surface area (Å²) in [4.78, 5) is 6.73. The Hall–Kier alpha value is -0.930. The highest BCUT2D eigenvalue weighted by Crippen LogP contribution is 2.05. The van der Waals surface area contributed by atoms with E-state index < -0.39 is 0 Å². The van der Waals surface area contributed by atoms with Crippen LogP contribution in [0.15, 0.2) is 29.3 Å². The fourth-order valence-corrected chi connectivity index (χ4v) is 2.16. The van der Waals surface area contributed by atoms with E-state index in [1.807, 2.05) is 26.1 Å². The summed E-state index contributed by atoms with van der Waals surface area (Å²) in [5.74, 6) is 0.597. The Labute approximate surface area is 162 Å². The lowest BCUT2D eigenvalue weighted by Gasteiger charge is -2.18. The summed E-state index contributed by atoms with van der Waals surface area (Å²) >= 11 is 0. The number of hydrogen-bond donors (Lipinski definition) is 2. The Morgan fingerprint density at radius 3 is 2.58 bits per heavy atom. The minimum Gasteiger partial charge on any atom is -0.383 e. The minimum absolute atomic E-state index is 0. The van der Waals surface area contributed by atoms with Gasteiger partial charge in [0.05, 0.1) is 13.2 Å². The maximum absolute atomic E-state index is 12.9. The van der Waals surface area contributed by atoms with Crippen molar-refractivity contribution in [3.63, 3.8) is 0 Å². The van der Waals surface area contributed by atoms with Crippen molar-refractivity contribution in [1.82, 2.24) is 15.5 Å². The van der Waals surface area contributed by atoms with Crippen molar-refractivity contribution in [2.75, 3.05) is 40.4 Å². The smallest absolute Gasteiger partial charge is 0.191 e. The molecule has 0 radical (unpaired) electrons. The summed E-state index contributed by atoms with van der Waals surface area (Å²) in [6.07, 6.45) is 0. The molecule has 24 heavy (non-hydrogen) atoms. The van der Waals surface area contributed by atoms with Crippen LogP contribution in [0, 0.1) is 5.82 Å². The van der Waals surface area contributed by atoms with E-state index in [-0.39, 0.29) is 35.8 Å². The summed E-state index contributed by atoms with van der Waals surface area (Å²) in [5, 5.41) is 6.53. The van der Waals surface area contributed by atoms with Crippen LogP contribution in [0.3, 0.4) is 0 Å². The summed E-state index contributed by atoms with van der Waals surface area (Å²) in [6.45, 7) is 7.83. The molecule has 0 saturated carbocycles. The van der Waals surface area contributed by atoms with Crippen LogP contribution in [0.25, 0.3) is 0 Å². The van der Waals surface area contributed by atoms with E-state index in [1.165, 1.54) is 12.1 Å². The van der Waals surface area contributed by atoms with Crippen LogP contribution in [0.2, 0.25) is 0 Å². The molecule has 0 amide bonds. The molecule has 138 valence electrons. The van der Waals surface area contributed by atoms with Crippen molar-refractivity contribution in [2.24, 2.45) is 4.99 Å². The van der Waals surface area contributed by atoms with E-state index in [9.17, 15) is 4.39 Å². The Morgan fingerprint density at radius 1 is 1.33 bits per heavy atom. The molecule has 0 aromatic heterocycles. The van der Waals surface area contributed by atoms with Gasteiger partial charge >= 0.3 is 0 Å². The number of likely N-dealkylation sites (N-methyl/N-ethyl adjacent to an activating group) is 1. The van der Waals surface area contributed by atoms with E-state index >= 15 is 0 Å². The van der Waals surface area contributed by atoms with Crippen LogP contribution in [-0.2, 0) is 11.3 Å². The lowest BCUT2D eigenvalue weighted by molar-refractivity contribution is 0.179. The summed E-state index contributed by atoms with van der Waals surface area (Å²) in [6, 6.07) is 6.81. The Bertz CT molecular complexity index is 470. The molecular formula is C17H30FIN4O. The van der Waals surface area contributed by atoms with Crippen molar-refractivity contribution >= 4 is 29.9 Å². The number of hydrogen-bond acceptors (Lipinski definition) is 3. The SMILES string of the molecule is CCNC(=NCCN(C)Cc1ccc(F)cc1)NC(C)COC.I. The highest BCUT2D eigenvalue weighted by Gasteiger charge is 2.05. The molecule has 1 aromatic rings. The van der Waals surface area contributed by atoms with Crippen molar-refractivity contribution in [1.29, 1.82) is 0 Å². The third-order valence-corrected chi connectivity index (χ3v) is 3.26.